The van der Waals surface area contributed by atoms with Crippen molar-refractivity contribution in [2.24, 2.45) is 0 Å². The zero-order valence-corrected chi connectivity index (χ0v) is 16.3. The number of benzene rings is 2. The summed E-state index contributed by atoms with van der Waals surface area (Å²) in [6, 6.07) is 15.7. The molecule has 0 radical (unpaired) electrons. The van der Waals surface area contributed by atoms with Crippen LogP contribution in [-0.4, -0.2) is 25.2 Å². The van der Waals surface area contributed by atoms with Gasteiger partial charge in [0, 0.05) is 0 Å². The third kappa shape index (κ3) is 6.10. The van der Waals surface area contributed by atoms with Crippen LogP contribution in [0.4, 0.5) is 0 Å². The smallest absolute Gasteiger partial charge is 0.260 e. The van der Waals surface area contributed by atoms with E-state index in [0.717, 1.165) is 5.75 Å². The van der Waals surface area contributed by atoms with Crippen molar-refractivity contribution in [2.45, 2.75) is 46.1 Å². The van der Waals surface area contributed by atoms with Crippen molar-refractivity contribution in [3.8, 4) is 11.5 Å². The van der Waals surface area contributed by atoms with Crippen molar-refractivity contribution in [2.75, 3.05) is 13.2 Å². The molecule has 2 aromatic rings. The Morgan fingerprint density at radius 3 is 2.15 bits per heavy atom. The monoisotopic (exact) mass is 355 g/mol. The molecule has 0 aliphatic rings. The molecule has 0 aromatic heterocycles. The maximum Gasteiger partial charge on any atom is 0.260 e. The van der Waals surface area contributed by atoms with Gasteiger partial charge in [-0.15, -0.1) is 0 Å². The lowest BCUT2D eigenvalue weighted by atomic mass is 9.87. The fourth-order valence-corrected chi connectivity index (χ4v) is 2.41. The van der Waals surface area contributed by atoms with Gasteiger partial charge in [-0.05, 0) is 49.1 Å². The number of rotatable bonds is 7. The summed E-state index contributed by atoms with van der Waals surface area (Å²) in [4.78, 5) is 12.1. The molecular formula is C22H29NO3. The number of hydrogen-bond donors (Lipinski definition) is 1. The van der Waals surface area contributed by atoms with E-state index in [0.29, 0.717) is 18.9 Å². The molecule has 0 saturated heterocycles. The van der Waals surface area contributed by atoms with E-state index >= 15 is 0 Å². The summed E-state index contributed by atoms with van der Waals surface area (Å²) in [5, 5.41) is 2.83. The maximum atomic E-state index is 12.1. The first-order valence-corrected chi connectivity index (χ1v) is 9.00. The number of ether oxygens (including phenoxy) is 2. The second kappa shape index (κ2) is 8.75. The van der Waals surface area contributed by atoms with Gasteiger partial charge in [0.2, 0.25) is 0 Å². The number of carbonyl (C=O) groups excluding carboxylic acids is 1. The van der Waals surface area contributed by atoms with Gasteiger partial charge in [0.25, 0.3) is 5.91 Å². The minimum atomic E-state index is -0.560. The molecular weight excluding hydrogens is 326 g/mol. The average Bonchev–Trinajstić information content (AvgIpc) is 2.59. The fraction of sp³-hybridized carbons (Fsp3) is 0.409. The summed E-state index contributed by atoms with van der Waals surface area (Å²) in [6.45, 7) is 11.1. The van der Waals surface area contributed by atoms with Gasteiger partial charge in [-0.1, -0.05) is 50.6 Å². The van der Waals surface area contributed by atoms with Gasteiger partial charge in [0.05, 0.1) is 6.54 Å². The molecule has 4 nitrogen and oxygen atoms in total. The van der Waals surface area contributed by atoms with Crippen LogP contribution < -0.4 is 14.8 Å². The van der Waals surface area contributed by atoms with Gasteiger partial charge in [0.1, 0.15) is 18.1 Å². The predicted octanol–water partition coefficient (Wildman–Crippen LogP) is 4.26. The third-order valence-electron chi connectivity index (χ3n) is 4.09. The molecule has 0 heterocycles. The Bertz CT molecular complexity index is 700. The van der Waals surface area contributed by atoms with Gasteiger partial charge in [-0.2, -0.15) is 0 Å². The lowest BCUT2D eigenvalue weighted by molar-refractivity contribution is -0.127. The highest BCUT2D eigenvalue weighted by molar-refractivity contribution is 5.80. The van der Waals surface area contributed by atoms with E-state index in [2.05, 4.69) is 26.1 Å². The summed E-state index contributed by atoms with van der Waals surface area (Å²) >= 11 is 0. The van der Waals surface area contributed by atoms with Gasteiger partial charge < -0.3 is 14.8 Å². The first-order valence-electron chi connectivity index (χ1n) is 9.00. The first-order chi connectivity index (χ1) is 12.3. The molecule has 2 rings (SSSR count). The van der Waals surface area contributed by atoms with Crippen LogP contribution in [0, 0.1) is 6.92 Å². The van der Waals surface area contributed by atoms with E-state index in [-0.39, 0.29) is 11.3 Å². The van der Waals surface area contributed by atoms with E-state index in [9.17, 15) is 4.79 Å². The molecule has 140 valence electrons. The van der Waals surface area contributed by atoms with Crippen LogP contribution in [0.2, 0.25) is 0 Å². The lowest BCUT2D eigenvalue weighted by Gasteiger charge is -2.20. The minimum Gasteiger partial charge on any atom is -0.492 e. The molecule has 1 N–H and O–H groups in total. The van der Waals surface area contributed by atoms with Crippen molar-refractivity contribution in [3.63, 3.8) is 0 Å². The van der Waals surface area contributed by atoms with Crippen molar-refractivity contribution in [1.29, 1.82) is 0 Å². The summed E-state index contributed by atoms with van der Waals surface area (Å²) in [5.74, 6) is 1.34. The van der Waals surface area contributed by atoms with Gasteiger partial charge >= 0.3 is 0 Å². The van der Waals surface area contributed by atoms with Crippen LogP contribution in [-0.2, 0) is 10.2 Å². The molecule has 4 heteroatoms. The van der Waals surface area contributed by atoms with Crippen LogP contribution in [0.5, 0.6) is 11.5 Å². The summed E-state index contributed by atoms with van der Waals surface area (Å²) < 4.78 is 11.3. The standard InChI is InChI=1S/C22H29NO3/c1-16-6-10-19(11-7-16)25-15-14-23-21(24)17(2)26-20-12-8-18(9-13-20)22(3,4)5/h6-13,17H,14-15H2,1-5H3,(H,23,24)/t17-/m1/s1. The van der Waals surface area contributed by atoms with Crippen LogP contribution in [0.3, 0.4) is 0 Å². The first kappa shape index (κ1) is 19.8. The zero-order valence-electron chi connectivity index (χ0n) is 16.3. The van der Waals surface area contributed by atoms with Crippen LogP contribution in [0.1, 0.15) is 38.8 Å². The average molecular weight is 355 g/mol. The van der Waals surface area contributed by atoms with Crippen LogP contribution >= 0.6 is 0 Å². The molecule has 26 heavy (non-hydrogen) atoms. The number of carbonyl (C=O) groups is 1. The van der Waals surface area contributed by atoms with Crippen molar-refractivity contribution in [1.82, 2.24) is 5.32 Å². The summed E-state index contributed by atoms with van der Waals surface area (Å²) in [5.41, 5.74) is 2.52. The van der Waals surface area contributed by atoms with Gasteiger partial charge in [-0.3, -0.25) is 4.79 Å². The van der Waals surface area contributed by atoms with E-state index < -0.39 is 6.10 Å². The molecule has 0 saturated carbocycles. The van der Waals surface area contributed by atoms with Crippen molar-refractivity contribution in [3.05, 3.63) is 59.7 Å². The molecule has 0 bridgehead atoms. The molecule has 1 amide bonds. The van der Waals surface area contributed by atoms with Crippen molar-refractivity contribution < 1.29 is 14.3 Å². The molecule has 0 fully saturated rings. The quantitative estimate of drug-likeness (QED) is 0.755. The predicted molar refractivity (Wildman–Crippen MR) is 105 cm³/mol. The molecule has 0 unspecified atom stereocenters. The second-order valence-electron chi connectivity index (χ2n) is 7.49. The Balaban J connectivity index is 1.74. The van der Waals surface area contributed by atoms with E-state index in [4.69, 9.17) is 9.47 Å². The third-order valence-corrected chi connectivity index (χ3v) is 4.09. The number of hydrogen-bond acceptors (Lipinski definition) is 3. The van der Waals surface area contributed by atoms with Gasteiger partial charge in [0.15, 0.2) is 6.10 Å². The molecule has 0 aliphatic carbocycles. The summed E-state index contributed by atoms with van der Waals surface area (Å²) in [7, 11) is 0. The summed E-state index contributed by atoms with van der Waals surface area (Å²) in [6.07, 6.45) is -0.560. The van der Waals surface area contributed by atoms with Gasteiger partial charge in [-0.25, -0.2) is 0 Å². The van der Waals surface area contributed by atoms with Crippen molar-refractivity contribution >= 4 is 5.91 Å². The van der Waals surface area contributed by atoms with E-state index in [1.807, 2.05) is 55.5 Å². The normalized spacial score (nSPS) is 12.3. The Kier molecular flexibility index (Phi) is 6.67. The molecule has 0 aliphatic heterocycles. The topological polar surface area (TPSA) is 47.6 Å². The minimum absolute atomic E-state index is 0.0962. The molecule has 2 aromatic carbocycles. The molecule has 1 atom stereocenters. The number of nitrogens with one attached hydrogen (secondary N) is 1. The fourth-order valence-electron chi connectivity index (χ4n) is 2.41. The Morgan fingerprint density at radius 2 is 1.58 bits per heavy atom. The zero-order chi connectivity index (χ0) is 19.2. The Labute approximate surface area is 156 Å². The van der Waals surface area contributed by atoms with Crippen LogP contribution in [0.25, 0.3) is 0 Å². The lowest BCUT2D eigenvalue weighted by Crippen LogP contribution is -2.38. The maximum absolute atomic E-state index is 12.1. The van der Waals surface area contributed by atoms with Crippen LogP contribution in [0.15, 0.2) is 48.5 Å². The SMILES string of the molecule is Cc1ccc(OCCNC(=O)[C@@H](C)Oc2ccc(C(C)(C)C)cc2)cc1. The van der Waals surface area contributed by atoms with E-state index in [1.165, 1.54) is 11.1 Å². The number of aryl methyl sites for hydroxylation is 1. The largest absolute Gasteiger partial charge is 0.492 e. The Morgan fingerprint density at radius 1 is 1.00 bits per heavy atom. The second-order valence-corrected chi connectivity index (χ2v) is 7.49. The van der Waals surface area contributed by atoms with E-state index in [1.54, 1.807) is 6.92 Å². The Hall–Kier alpha value is -2.49. The molecule has 0 spiro atoms. The number of amides is 1. The highest BCUT2D eigenvalue weighted by Gasteiger charge is 2.16. The highest BCUT2D eigenvalue weighted by atomic mass is 16.5. The highest BCUT2D eigenvalue weighted by Crippen LogP contribution is 2.24.